The van der Waals surface area contributed by atoms with E-state index in [9.17, 15) is 9.90 Å². The summed E-state index contributed by atoms with van der Waals surface area (Å²) in [6.07, 6.45) is 6.27. The minimum atomic E-state index is -0.213. The fourth-order valence-electron chi connectivity index (χ4n) is 2.81. The molecule has 0 heterocycles. The summed E-state index contributed by atoms with van der Waals surface area (Å²) in [6.45, 7) is 4.99. The molecule has 1 amide bonds. The number of hydrogen-bond donors (Lipinski definition) is 2. The van der Waals surface area contributed by atoms with Crippen molar-refractivity contribution >= 4 is 12.0 Å². The van der Waals surface area contributed by atoms with E-state index in [0.717, 1.165) is 31.2 Å². The van der Waals surface area contributed by atoms with Crippen molar-refractivity contribution in [3.05, 3.63) is 29.8 Å². The molecule has 24 heavy (non-hydrogen) atoms. The van der Waals surface area contributed by atoms with E-state index in [4.69, 9.17) is 9.47 Å². The number of hydrogen-bond acceptors (Lipinski definition) is 4. The van der Waals surface area contributed by atoms with Crippen molar-refractivity contribution in [3.63, 3.8) is 0 Å². The highest BCUT2D eigenvalue weighted by atomic mass is 16.5. The Morgan fingerprint density at radius 3 is 2.50 bits per heavy atom. The Balaban J connectivity index is 1.94. The topological polar surface area (TPSA) is 67.8 Å². The molecule has 2 rings (SSSR count). The van der Waals surface area contributed by atoms with E-state index in [2.05, 4.69) is 5.32 Å². The van der Waals surface area contributed by atoms with Crippen LogP contribution in [0.25, 0.3) is 6.08 Å². The molecule has 1 aromatic rings. The van der Waals surface area contributed by atoms with Crippen LogP contribution in [0.4, 0.5) is 0 Å². The largest absolute Gasteiger partial charge is 0.490 e. The number of carbonyl (C=O) groups excluding carboxylic acids is 1. The van der Waals surface area contributed by atoms with Crippen molar-refractivity contribution in [2.24, 2.45) is 0 Å². The lowest BCUT2D eigenvalue weighted by molar-refractivity contribution is -0.117. The molecule has 5 nitrogen and oxygen atoms in total. The summed E-state index contributed by atoms with van der Waals surface area (Å²) >= 11 is 0. The molecule has 5 heteroatoms. The van der Waals surface area contributed by atoms with Gasteiger partial charge in [0.25, 0.3) is 0 Å². The third-order valence-corrected chi connectivity index (χ3v) is 4.04. The predicted octanol–water partition coefficient (Wildman–Crippen LogP) is 2.92. The van der Waals surface area contributed by atoms with Crippen molar-refractivity contribution in [3.8, 4) is 11.5 Å². The SMILES string of the molecule is CCOc1ccc(C=CC(=O)NC2CCC(O)CC2)cc1OCC. The quantitative estimate of drug-likeness (QED) is 0.753. The fourth-order valence-corrected chi connectivity index (χ4v) is 2.81. The van der Waals surface area contributed by atoms with Crippen molar-refractivity contribution in [2.75, 3.05) is 13.2 Å². The van der Waals surface area contributed by atoms with Gasteiger partial charge in [-0.15, -0.1) is 0 Å². The van der Waals surface area contributed by atoms with E-state index >= 15 is 0 Å². The highest BCUT2D eigenvalue weighted by Gasteiger charge is 2.19. The van der Waals surface area contributed by atoms with Crippen LogP contribution in [-0.2, 0) is 4.79 Å². The van der Waals surface area contributed by atoms with Crippen molar-refractivity contribution in [2.45, 2.75) is 51.7 Å². The van der Waals surface area contributed by atoms with Gasteiger partial charge in [-0.25, -0.2) is 0 Å². The molecule has 1 aliphatic carbocycles. The van der Waals surface area contributed by atoms with Gasteiger partial charge in [0.1, 0.15) is 0 Å². The molecule has 0 spiro atoms. The first-order valence-electron chi connectivity index (χ1n) is 8.68. The summed E-state index contributed by atoms with van der Waals surface area (Å²) in [6, 6.07) is 5.78. The van der Waals surface area contributed by atoms with Gasteiger partial charge in [-0.1, -0.05) is 6.07 Å². The molecule has 0 aliphatic heterocycles. The van der Waals surface area contributed by atoms with Gasteiger partial charge in [0.05, 0.1) is 19.3 Å². The summed E-state index contributed by atoms with van der Waals surface area (Å²) in [5.74, 6) is 1.29. The maximum atomic E-state index is 12.0. The number of aliphatic hydroxyl groups excluding tert-OH is 1. The Hall–Kier alpha value is -2.01. The van der Waals surface area contributed by atoms with Gasteiger partial charge in [0, 0.05) is 12.1 Å². The zero-order valence-electron chi connectivity index (χ0n) is 14.5. The molecule has 1 aliphatic rings. The van der Waals surface area contributed by atoms with Crippen LogP contribution in [-0.4, -0.2) is 36.4 Å². The second kappa shape index (κ2) is 9.33. The van der Waals surface area contributed by atoms with Crippen LogP contribution in [0.1, 0.15) is 45.1 Å². The third-order valence-electron chi connectivity index (χ3n) is 4.04. The van der Waals surface area contributed by atoms with Crippen LogP contribution in [0.15, 0.2) is 24.3 Å². The smallest absolute Gasteiger partial charge is 0.244 e. The van der Waals surface area contributed by atoms with E-state index in [1.807, 2.05) is 32.0 Å². The molecule has 0 unspecified atom stereocenters. The zero-order valence-corrected chi connectivity index (χ0v) is 14.5. The molecule has 0 atom stereocenters. The number of amides is 1. The lowest BCUT2D eigenvalue weighted by Gasteiger charge is -2.25. The first kappa shape index (κ1) is 18.3. The lowest BCUT2D eigenvalue weighted by atomic mass is 9.93. The summed E-state index contributed by atoms with van der Waals surface area (Å²) in [4.78, 5) is 12.0. The van der Waals surface area contributed by atoms with E-state index in [0.29, 0.717) is 24.7 Å². The number of aliphatic hydroxyl groups is 1. The maximum absolute atomic E-state index is 12.0. The summed E-state index contributed by atoms with van der Waals surface area (Å²) in [5.41, 5.74) is 0.885. The minimum absolute atomic E-state index is 0.108. The van der Waals surface area contributed by atoms with Gasteiger partial charge >= 0.3 is 0 Å². The van der Waals surface area contributed by atoms with Crippen molar-refractivity contribution in [1.29, 1.82) is 0 Å². The van der Waals surface area contributed by atoms with Gasteiger partial charge in [-0.3, -0.25) is 4.79 Å². The molecule has 0 saturated heterocycles. The van der Waals surface area contributed by atoms with Crippen LogP contribution >= 0.6 is 0 Å². The molecule has 0 radical (unpaired) electrons. The Morgan fingerprint density at radius 1 is 1.17 bits per heavy atom. The molecular formula is C19H27NO4. The van der Waals surface area contributed by atoms with E-state index < -0.39 is 0 Å². The highest BCUT2D eigenvalue weighted by Crippen LogP contribution is 2.29. The van der Waals surface area contributed by atoms with Crippen LogP contribution in [0, 0.1) is 0 Å². The standard InChI is InChI=1S/C19H27NO4/c1-3-23-17-11-5-14(13-18(17)24-4-2)6-12-19(22)20-15-7-9-16(21)10-8-15/h5-6,11-13,15-16,21H,3-4,7-10H2,1-2H3,(H,20,22). The minimum Gasteiger partial charge on any atom is -0.490 e. The molecule has 1 saturated carbocycles. The Bertz CT molecular complexity index is 562. The molecule has 132 valence electrons. The van der Waals surface area contributed by atoms with E-state index in [1.54, 1.807) is 6.08 Å². The molecule has 0 aromatic heterocycles. The fraction of sp³-hybridized carbons (Fsp3) is 0.526. The number of rotatable bonds is 7. The molecule has 1 aromatic carbocycles. The molecule has 2 N–H and O–H groups in total. The van der Waals surface area contributed by atoms with E-state index in [1.165, 1.54) is 6.08 Å². The van der Waals surface area contributed by atoms with Crippen molar-refractivity contribution in [1.82, 2.24) is 5.32 Å². The maximum Gasteiger partial charge on any atom is 0.244 e. The Morgan fingerprint density at radius 2 is 1.83 bits per heavy atom. The van der Waals surface area contributed by atoms with Gasteiger partial charge in [-0.05, 0) is 63.3 Å². The average molecular weight is 333 g/mol. The normalized spacial score (nSPS) is 20.8. The average Bonchev–Trinajstić information content (AvgIpc) is 2.57. The van der Waals surface area contributed by atoms with Crippen LogP contribution in [0.5, 0.6) is 11.5 Å². The Kier molecular flexibility index (Phi) is 7.12. The second-order valence-corrected chi connectivity index (χ2v) is 5.92. The van der Waals surface area contributed by atoms with Crippen LogP contribution < -0.4 is 14.8 Å². The van der Waals surface area contributed by atoms with Gasteiger partial charge in [0.15, 0.2) is 11.5 Å². The number of ether oxygens (including phenoxy) is 2. The number of benzene rings is 1. The summed E-state index contributed by atoms with van der Waals surface area (Å²) < 4.78 is 11.1. The van der Waals surface area contributed by atoms with Crippen molar-refractivity contribution < 1.29 is 19.4 Å². The van der Waals surface area contributed by atoms with E-state index in [-0.39, 0.29) is 18.1 Å². The first-order valence-corrected chi connectivity index (χ1v) is 8.68. The van der Waals surface area contributed by atoms with Crippen LogP contribution in [0.2, 0.25) is 0 Å². The number of carbonyl (C=O) groups is 1. The van der Waals surface area contributed by atoms with Gasteiger partial charge in [-0.2, -0.15) is 0 Å². The van der Waals surface area contributed by atoms with Gasteiger partial charge in [0.2, 0.25) is 5.91 Å². The second-order valence-electron chi connectivity index (χ2n) is 5.92. The lowest BCUT2D eigenvalue weighted by Crippen LogP contribution is -2.37. The zero-order chi connectivity index (χ0) is 17.4. The third kappa shape index (κ3) is 5.57. The first-order chi connectivity index (χ1) is 11.6. The predicted molar refractivity (Wildman–Crippen MR) is 94.2 cm³/mol. The molecule has 1 fully saturated rings. The summed E-state index contributed by atoms with van der Waals surface area (Å²) in [5, 5.41) is 12.5. The number of nitrogens with one attached hydrogen (secondary N) is 1. The Labute approximate surface area is 143 Å². The highest BCUT2D eigenvalue weighted by molar-refractivity contribution is 5.92. The van der Waals surface area contributed by atoms with Gasteiger partial charge < -0.3 is 19.9 Å². The summed E-state index contributed by atoms with van der Waals surface area (Å²) in [7, 11) is 0. The van der Waals surface area contributed by atoms with Crippen LogP contribution in [0.3, 0.4) is 0 Å². The molecular weight excluding hydrogens is 306 g/mol. The monoisotopic (exact) mass is 333 g/mol. The molecule has 0 bridgehead atoms.